The highest BCUT2D eigenvalue weighted by Crippen LogP contribution is 2.47. The Kier molecular flexibility index (Phi) is 1.60. The molecule has 11 heavy (non-hydrogen) atoms. The fraction of sp³-hybridized carbons (Fsp3) is 0.875. The maximum absolute atomic E-state index is 11.1. The molecule has 0 aromatic heterocycles. The monoisotopic (exact) mass is 156 g/mol. The number of rotatable bonds is 3. The van der Waals surface area contributed by atoms with Crippen molar-refractivity contribution in [2.24, 2.45) is 11.8 Å². The Labute approximate surface area is 65.7 Å². The standard InChI is InChI=1S/C8H12O3/c1-2-10-8(9)6-3-5(6)7-4-11-7/h5-7H,2-4H2,1H3. The van der Waals surface area contributed by atoms with Crippen molar-refractivity contribution in [3.63, 3.8) is 0 Å². The maximum atomic E-state index is 11.1. The molecule has 1 saturated heterocycles. The van der Waals surface area contributed by atoms with E-state index in [1.54, 1.807) is 0 Å². The number of carbonyl (C=O) groups excluding carboxylic acids is 1. The lowest BCUT2D eigenvalue weighted by Gasteiger charge is -1.97. The average Bonchev–Trinajstić information content (AvgIpc) is 2.83. The summed E-state index contributed by atoms with van der Waals surface area (Å²) in [5.41, 5.74) is 0. The summed E-state index contributed by atoms with van der Waals surface area (Å²) in [6.45, 7) is 3.18. The molecule has 0 bridgehead atoms. The Bertz CT molecular complexity index is 174. The molecule has 62 valence electrons. The van der Waals surface area contributed by atoms with Crippen LogP contribution in [-0.2, 0) is 14.3 Å². The van der Waals surface area contributed by atoms with Gasteiger partial charge in [-0.2, -0.15) is 0 Å². The van der Waals surface area contributed by atoms with E-state index in [-0.39, 0.29) is 11.9 Å². The molecule has 0 spiro atoms. The minimum atomic E-state index is -0.0343. The molecule has 1 aliphatic carbocycles. The molecule has 1 aliphatic heterocycles. The van der Waals surface area contributed by atoms with Crippen LogP contribution in [0.2, 0.25) is 0 Å². The summed E-state index contributed by atoms with van der Waals surface area (Å²) in [5.74, 6) is 0.601. The summed E-state index contributed by atoms with van der Waals surface area (Å²) in [5, 5.41) is 0. The highest BCUT2D eigenvalue weighted by molar-refractivity contribution is 5.75. The first-order chi connectivity index (χ1) is 5.33. The fourth-order valence-electron chi connectivity index (χ4n) is 1.45. The lowest BCUT2D eigenvalue weighted by atomic mass is 10.2. The van der Waals surface area contributed by atoms with Crippen molar-refractivity contribution >= 4 is 5.97 Å². The largest absolute Gasteiger partial charge is 0.466 e. The molecule has 0 aromatic rings. The number of epoxide rings is 1. The zero-order valence-electron chi connectivity index (χ0n) is 6.58. The minimum absolute atomic E-state index is 0.0343. The Morgan fingerprint density at radius 3 is 3.00 bits per heavy atom. The second-order valence-corrected chi connectivity index (χ2v) is 3.13. The van der Waals surface area contributed by atoms with Gasteiger partial charge < -0.3 is 9.47 Å². The van der Waals surface area contributed by atoms with Crippen LogP contribution >= 0.6 is 0 Å². The van der Waals surface area contributed by atoms with Crippen LogP contribution in [0.25, 0.3) is 0 Å². The molecule has 2 aliphatic rings. The molecule has 3 atom stereocenters. The van der Waals surface area contributed by atoms with Crippen molar-refractivity contribution < 1.29 is 14.3 Å². The SMILES string of the molecule is CCOC(=O)C1CC1C1CO1. The summed E-state index contributed by atoms with van der Waals surface area (Å²) in [7, 11) is 0. The molecule has 0 aromatic carbocycles. The molecule has 2 rings (SSSR count). The Morgan fingerprint density at radius 2 is 2.45 bits per heavy atom. The van der Waals surface area contributed by atoms with Crippen LogP contribution in [0, 0.1) is 11.8 Å². The van der Waals surface area contributed by atoms with Crippen molar-refractivity contribution in [3.8, 4) is 0 Å². The van der Waals surface area contributed by atoms with Crippen LogP contribution in [0.3, 0.4) is 0 Å². The van der Waals surface area contributed by atoms with Crippen LogP contribution in [0.15, 0.2) is 0 Å². The van der Waals surface area contributed by atoms with Crippen molar-refractivity contribution in [2.75, 3.05) is 13.2 Å². The summed E-state index contributed by atoms with van der Waals surface area (Å²) in [6, 6.07) is 0. The van der Waals surface area contributed by atoms with E-state index in [9.17, 15) is 4.79 Å². The second-order valence-electron chi connectivity index (χ2n) is 3.13. The maximum Gasteiger partial charge on any atom is 0.309 e. The van der Waals surface area contributed by atoms with Crippen molar-refractivity contribution in [1.82, 2.24) is 0 Å². The van der Waals surface area contributed by atoms with E-state index in [0.717, 1.165) is 13.0 Å². The van der Waals surface area contributed by atoms with E-state index in [2.05, 4.69) is 0 Å². The van der Waals surface area contributed by atoms with E-state index in [4.69, 9.17) is 9.47 Å². The summed E-state index contributed by atoms with van der Waals surface area (Å²) < 4.78 is 9.96. The summed E-state index contributed by atoms with van der Waals surface area (Å²) in [6.07, 6.45) is 1.35. The van der Waals surface area contributed by atoms with E-state index in [1.807, 2.05) is 6.92 Å². The smallest absolute Gasteiger partial charge is 0.309 e. The zero-order chi connectivity index (χ0) is 7.84. The van der Waals surface area contributed by atoms with Gasteiger partial charge in [0.05, 0.1) is 25.2 Å². The summed E-state index contributed by atoms with van der Waals surface area (Å²) in [4.78, 5) is 11.1. The van der Waals surface area contributed by atoms with E-state index in [0.29, 0.717) is 18.6 Å². The van der Waals surface area contributed by atoms with Crippen LogP contribution in [0.4, 0.5) is 0 Å². The van der Waals surface area contributed by atoms with Gasteiger partial charge in [-0.25, -0.2) is 0 Å². The fourth-order valence-corrected chi connectivity index (χ4v) is 1.45. The first-order valence-corrected chi connectivity index (χ1v) is 4.11. The van der Waals surface area contributed by atoms with Crippen LogP contribution in [0.1, 0.15) is 13.3 Å². The van der Waals surface area contributed by atoms with Gasteiger partial charge >= 0.3 is 5.97 Å². The second kappa shape index (κ2) is 2.48. The van der Waals surface area contributed by atoms with Crippen molar-refractivity contribution in [3.05, 3.63) is 0 Å². The molecule has 1 saturated carbocycles. The van der Waals surface area contributed by atoms with Crippen LogP contribution < -0.4 is 0 Å². The highest BCUT2D eigenvalue weighted by atomic mass is 16.6. The third-order valence-electron chi connectivity index (χ3n) is 2.27. The number of hydrogen-bond acceptors (Lipinski definition) is 3. The Morgan fingerprint density at radius 1 is 1.73 bits per heavy atom. The molecule has 0 radical (unpaired) electrons. The normalized spacial score (nSPS) is 39.9. The van der Waals surface area contributed by atoms with Gasteiger partial charge in [-0.1, -0.05) is 0 Å². The van der Waals surface area contributed by atoms with Gasteiger partial charge in [0.2, 0.25) is 0 Å². The number of ether oxygens (including phenoxy) is 2. The van der Waals surface area contributed by atoms with Crippen molar-refractivity contribution in [1.29, 1.82) is 0 Å². The van der Waals surface area contributed by atoms with Crippen LogP contribution in [-0.4, -0.2) is 25.3 Å². The van der Waals surface area contributed by atoms with E-state index >= 15 is 0 Å². The van der Waals surface area contributed by atoms with Gasteiger partial charge in [0, 0.05) is 5.92 Å². The number of hydrogen-bond donors (Lipinski definition) is 0. The van der Waals surface area contributed by atoms with E-state index in [1.165, 1.54) is 0 Å². The van der Waals surface area contributed by atoms with E-state index < -0.39 is 0 Å². The third-order valence-corrected chi connectivity index (χ3v) is 2.27. The van der Waals surface area contributed by atoms with Gasteiger partial charge in [-0.3, -0.25) is 4.79 Å². The van der Waals surface area contributed by atoms with Gasteiger partial charge in [0.15, 0.2) is 0 Å². The molecular weight excluding hydrogens is 144 g/mol. The molecule has 3 heteroatoms. The van der Waals surface area contributed by atoms with Gasteiger partial charge in [0.25, 0.3) is 0 Å². The zero-order valence-corrected chi connectivity index (χ0v) is 6.58. The van der Waals surface area contributed by atoms with Crippen LogP contribution in [0.5, 0.6) is 0 Å². The molecule has 2 fully saturated rings. The van der Waals surface area contributed by atoms with Gasteiger partial charge in [-0.15, -0.1) is 0 Å². The topological polar surface area (TPSA) is 38.8 Å². The van der Waals surface area contributed by atoms with Gasteiger partial charge in [-0.05, 0) is 13.3 Å². The average molecular weight is 156 g/mol. The highest BCUT2D eigenvalue weighted by Gasteiger charge is 2.53. The Balaban J connectivity index is 1.76. The predicted molar refractivity (Wildman–Crippen MR) is 38.0 cm³/mol. The number of esters is 1. The molecular formula is C8H12O3. The molecule has 0 N–H and O–H groups in total. The molecule has 3 nitrogen and oxygen atoms in total. The lowest BCUT2D eigenvalue weighted by Crippen LogP contribution is -2.09. The molecule has 0 amide bonds. The predicted octanol–water partition coefficient (Wildman–Crippen LogP) is 0.584. The number of carbonyl (C=O) groups is 1. The summed E-state index contributed by atoms with van der Waals surface area (Å²) >= 11 is 0. The molecule has 1 heterocycles. The lowest BCUT2D eigenvalue weighted by molar-refractivity contribution is -0.145. The van der Waals surface area contributed by atoms with Crippen molar-refractivity contribution in [2.45, 2.75) is 19.4 Å². The third kappa shape index (κ3) is 1.38. The first kappa shape index (κ1) is 7.10. The molecule has 3 unspecified atom stereocenters. The Hall–Kier alpha value is -0.570. The quantitative estimate of drug-likeness (QED) is 0.443. The minimum Gasteiger partial charge on any atom is -0.466 e. The first-order valence-electron chi connectivity index (χ1n) is 4.11. The van der Waals surface area contributed by atoms with Gasteiger partial charge in [0.1, 0.15) is 0 Å².